The van der Waals surface area contributed by atoms with Crippen molar-refractivity contribution in [2.24, 2.45) is 0 Å². The molecule has 4 rings (SSSR count). The van der Waals surface area contributed by atoms with Gasteiger partial charge in [0.1, 0.15) is 5.76 Å². The number of fused-ring (bicyclic) bond motifs is 1. The van der Waals surface area contributed by atoms with Crippen molar-refractivity contribution < 1.29 is 9.21 Å². The Morgan fingerprint density at radius 1 is 1.07 bits per heavy atom. The molecule has 0 fully saturated rings. The Morgan fingerprint density at radius 3 is 2.63 bits per heavy atom. The monoisotopic (exact) mass is 416 g/mol. The molecule has 4 aromatic rings. The minimum Gasteiger partial charge on any atom is -0.451 e. The van der Waals surface area contributed by atoms with Crippen molar-refractivity contribution in [3.8, 4) is 11.3 Å². The highest BCUT2D eigenvalue weighted by atomic mass is 35.5. The van der Waals surface area contributed by atoms with Gasteiger partial charge in [0.2, 0.25) is 0 Å². The molecular weight excluding hydrogens is 403 g/mol. The summed E-state index contributed by atoms with van der Waals surface area (Å²) in [5.74, 6) is 0.283. The number of hydrogen-bond acceptors (Lipinski definition) is 4. The first-order valence-corrected chi connectivity index (χ1v) is 9.73. The zero-order valence-corrected chi connectivity index (χ0v) is 16.8. The summed E-state index contributed by atoms with van der Waals surface area (Å²) in [7, 11) is 0. The number of furan rings is 1. The number of benzene rings is 2. The van der Waals surface area contributed by atoms with Crippen LogP contribution in [0.15, 0.2) is 46.9 Å². The molecule has 0 saturated heterocycles. The maximum absolute atomic E-state index is 12.6. The van der Waals surface area contributed by atoms with E-state index in [-0.39, 0.29) is 11.7 Å². The molecule has 0 unspecified atom stereocenters. The lowest BCUT2D eigenvalue weighted by Crippen LogP contribution is -2.10. The van der Waals surface area contributed by atoms with Crippen LogP contribution in [0.2, 0.25) is 10.0 Å². The molecule has 136 valence electrons. The molecule has 0 aliphatic carbocycles. The van der Waals surface area contributed by atoms with Gasteiger partial charge in [-0.25, -0.2) is 4.98 Å². The van der Waals surface area contributed by atoms with Crippen LogP contribution in [0.4, 0.5) is 5.13 Å². The summed E-state index contributed by atoms with van der Waals surface area (Å²) < 4.78 is 6.75. The first kappa shape index (κ1) is 18.0. The quantitative estimate of drug-likeness (QED) is 0.402. The summed E-state index contributed by atoms with van der Waals surface area (Å²) in [5.41, 5.74) is 3.74. The van der Waals surface area contributed by atoms with E-state index in [1.807, 2.05) is 19.9 Å². The van der Waals surface area contributed by atoms with Crippen molar-refractivity contribution >= 4 is 55.8 Å². The van der Waals surface area contributed by atoms with Gasteiger partial charge in [-0.05, 0) is 55.3 Å². The Bertz CT molecular complexity index is 1140. The second-order valence-electron chi connectivity index (χ2n) is 6.14. The smallest absolute Gasteiger partial charge is 0.293 e. The maximum atomic E-state index is 12.6. The molecule has 0 aliphatic heterocycles. The number of halogens is 2. The topological polar surface area (TPSA) is 55.1 Å². The Kier molecular flexibility index (Phi) is 4.68. The van der Waals surface area contributed by atoms with Crippen LogP contribution < -0.4 is 5.32 Å². The molecule has 0 aliphatic rings. The van der Waals surface area contributed by atoms with Crippen molar-refractivity contribution in [1.29, 1.82) is 0 Å². The van der Waals surface area contributed by atoms with Crippen molar-refractivity contribution in [3.63, 3.8) is 0 Å². The molecule has 0 saturated carbocycles. The van der Waals surface area contributed by atoms with Crippen LogP contribution in [0, 0.1) is 13.8 Å². The lowest BCUT2D eigenvalue weighted by molar-refractivity contribution is 0.0997. The summed E-state index contributed by atoms with van der Waals surface area (Å²) in [5, 5.41) is 4.38. The first-order chi connectivity index (χ1) is 12.9. The number of carbonyl (C=O) groups is 1. The number of anilines is 1. The highest BCUT2D eigenvalue weighted by molar-refractivity contribution is 7.22. The molecule has 0 atom stereocenters. The Labute approximate surface area is 169 Å². The van der Waals surface area contributed by atoms with Crippen LogP contribution in [-0.4, -0.2) is 10.9 Å². The fourth-order valence-corrected chi connectivity index (χ4v) is 4.15. The average molecular weight is 417 g/mol. The van der Waals surface area contributed by atoms with E-state index in [4.69, 9.17) is 27.6 Å². The number of nitrogens with zero attached hydrogens (tertiary/aromatic N) is 1. The van der Waals surface area contributed by atoms with Gasteiger partial charge in [-0.3, -0.25) is 10.1 Å². The lowest BCUT2D eigenvalue weighted by atomic mass is 10.1. The fraction of sp³-hybridized carbons (Fsp3) is 0.100. The second kappa shape index (κ2) is 7.00. The number of amides is 1. The molecule has 2 aromatic heterocycles. The molecule has 27 heavy (non-hydrogen) atoms. The standard InChI is InChI=1S/C20H14Cl2N2O2S/c1-10-3-4-11(2)18-17(10)23-20(27-18)24-19(25)16-8-7-15(26-16)13-9-12(21)5-6-14(13)22/h3-9H,1-2H3,(H,23,24,25). The number of nitrogens with one attached hydrogen (secondary N) is 1. The molecule has 2 heterocycles. The molecule has 0 spiro atoms. The average Bonchev–Trinajstić information content (AvgIpc) is 3.28. The van der Waals surface area contributed by atoms with E-state index >= 15 is 0 Å². The number of aromatic nitrogens is 1. The van der Waals surface area contributed by atoms with Crippen LogP contribution in [0.25, 0.3) is 21.5 Å². The normalized spacial score (nSPS) is 11.1. The minimum absolute atomic E-state index is 0.175. The Morgan fingerprint density at radius 2 is 1.85 bits per heavy atom. The summed E-state index contributed by atoms with van der Waals surface area (Å²) in [6.45, 7) is 4.03. The van der Waals surface area contributed by atoms with E-state index in [9.17, 15) is 4.79 Å². The van der Waals surface area contributed by atoms with Crippen molar-refractivity contribution in [1.82, 2.24) is 4.98 Å². The fourth-order valence-electron chi connectivity index (χ4n) is 2.76. The van der Waals surface area contributed by atoms with Gasteiger partial charge >= 0.3 is 0 Å². The third kappa shape index (κ3) is 3.46. The van der Waals surface area contributed by atoms with Crippen molar-refractivity contribution in [3.05, 3.63) is 69.4 Å². The van der Waals surface area contributed by atoms with Crippen LogP contribution in [0.1, 0.15) is 21.7 Å². The molecule has 2 aromatic carbocycles. The van der Waals surface area contributed by atoms with Crippen LogP contribution >= 0.6 is 34.5 Å². The van der Waals surface area contributed by atoms with E-state index in [0.717, 1.165) is 21.3 Å². The van der Waals surface area contributed by atoms with Crippen molar-refractivity contribution in [2.75, 3.05) is 5.32 Å². The zero-order valence-electron chi connectivity index (χ0n) is 14.5. The van der Waals surface area contributed by atoms with Crippen LogP contribution in [0.5, 0.6) is 0 Å². The molecule has 7 heteroatoms. The summed E-state index contributed by atoms with van der Waals surface area (Å²) in [4.78, 5) is 17.1. The minimum atomic E-state index is -0.367. The van der Waals surface area contributed by atoms with Gasteiger partial charge in [-0.2, -0.15) is 0 Å². The summed E-state index contributed by atoms with van der Waals surface area (Å²) in [6, 6.07) is 12.5. The Balaban J connectivity index is 1.61. The van der Waals surface area contributed by atoms with E-state index in [0.29, 0.717) is 26.5 Å². The van der Waals surface area contributed by atoms with Gasteiger partial charge in [0, 0.05) is 10.6 Å². The number of thiazole rings is 1. The first-order valence-electron chi connectivity index (χ1n) is 8.16. The molecule has 4 nitrogen and oxygen atoms in total. The third-order valence-electron chi connectivity index (χ3n) is 4.19. The van der Waals surface area contributed by atoms with Gasteiger partial charge in [0.05, 0.1) is 15.2 Å². The highest BCUT2D eigenvalue weighted by Crippen LogP contribution is 2.33. The lowest BCUT2D eigenvalue weighted by Gasteiger charge is -2.02. The second-order valence-corrected chi connectivity index (χ2v) is 7.98. The van der Waals surface area contributed by atoms with Gasteiger partial charge in [0.15, 0.2) is 10.9 Å². The highest BCUT2D eigenvalue weighted by Gasteiger charge is 2.17. The number of aryl methyl sites for hydroxylation is 2. The van der Waals surface area contributed by atoms with Crippen molar-refractivity contribution in [2.45, 2.75) is 13.8 Å². The summed E-state index contributed by atoms with van der Waals surface area (Å²) in [6.07, 6.45) is 0. The Hall–Kier alpha value is -2.34. The molecule has 0 radical (unpaired) electrons. The number of hydrogen-bond donors (Lipinski definition) is 1. The van der Waals surface area contributed by atoms with E-state index in [1.54, 1.807) is 30.3 Å². The number of carbonyl (C=O) groups excluding carboxylic acids is 1. The number of rotatable bonds is 3. The van der Waals surface area contributed by atoms with Gasteiger partial charge in [-0.15, -0.1) is 0 Å². The van der Waals surface area contributed by atoms with Crippen LogP contribution in [0.3, 0.4) is 0 Å². The van der Waals surface area contributed by atoms with E-state index in [1.165, 1.54) is 11.3 Å². The predicted octanol–water partition coefficient (Wildman–Crippen LogP) is 6.73. The van der Waals surface area contributed by atoms with E-state index < -0.39 is 0 Å². The molecule has 1 amide bonds. The third-order valence-corrected chi connectivity index (χ3v) is 5.86. The predicted molar refractivity (Wildman–Crippen MR) is 111 cm³/mol. The maximum Gasteiger partial charge on any atom is 0.293 e. The molecular formula is C20H14Cl2N2O2S. The van der Waals surface area contributed by atoms with E-state index in [2.05, 4.69) is 16.4 Å². The van der Waals surface area contributed by atoms with Gasteiger partial charge in [0.25, 0.3) is 5.91 Å². The van der Waals surface area contributed by atoms with Crippen LogP contribution in [-0.2, 0) is 0 Å². The van der Waals surface area contributed by atoms with Gasteiger partial charge in [-0.1, -0.05) is 46.7 Å². The van der Waals surface area contributed by atoms with Gasteiger partial charge < -0.3 is 4.42 Å². The molecule has 1 N–H and O–H groups in total. The SMILES string of the molecule is Cc1ccc(C)c2sc(NC(=O)c3ccc(-c4cc(Cl)ccc4Cl)o3)nc12. The zero-order chi connectivity index (χ0) is 19.1. The largest absolute Gasteiger partial charge is 0.451 e. The molecule has 0 bridgehead atoms. The summed E-state index contributed by atoms with van der Waals surface area (Å²) >= 11 is 13.7.